The number of carboxylic acids is 1. The largest absolute Gasteiger partial charge is 0.508 e. The highest BCUT2D eigenvalue weighted by Crippen LogP contribution is 2.05. The Labute approximate surface area is 159 Å². The summed E-state index contributed by atoms with van der Waals surface area (Å²) in [5, 5.41) is 8.54. The number of hydrogen-bond acceptors (Lipinski definition) is 8. The number of ether oxygens (including phenoxy) is 4. The Balaban J connectivity index is 3.91. The number of esters is 1. The lowest BCUT2D eigenvalue weighted by atomic mass is 10.1. The van der Waals surface area contributed by atoms with Crippen molar-refractivity contribution in [2.45, 2.75) is 64.4 Å². The Morgan fingerprint density at radius 1 is 0.852 bits per heavy atom. The Kier molecular flexibility index (Phi) is 14.8. The quantitative estimate of drug-likeness (QED) is 0.312. The molecule has 0 aliphatic carbocycles. The standard InChI is InChI=1S/C18H30O9/c1-14(19)8-4-3-7-11-25-18(23)26-13-15(12-24-2)27-17(22)10-6-5-9-16(20)21/h15H,3-13H2,1-2H3,(H,20,21). The summed E-state index contributed by atoms with van der Waals surface area (Å²) in [5.74, 6) is -1.28. The van der Waals surface area contributed by atoms with Gasteiger partial charge in [0.25, 0.3) is 0 Å². The number of carbonyl (C=O) groups excluding carboxylic acids is 3. The van der Waals surface area contributed by atoms with Crippen molar-refractivity contribution in [1.29, 1.82) is 0 Å². The first-order valence-corrected chi connectivity index (χ1v) is 9.04. The molecule has 0 heterocycles. The molecule has 0 radical (unpaired) electrons. The van der Waals surface area contributed by atoms with E-state index >= 15 is 0 Å². The highest BCUT2D eigenvalue weighted by molar-refractivity contribution is 5.75. The molecule has 1 atom stereocenters. The van der Waals surface area contributed by atoms with Crippen LogP contribution >= 0.6 is 0 Å². The van der Waals surface area contributed by atoms with Crippen LogP contribution in [0.15, 0.2) is 0 Å². The summed E-state index contributed by atoms with van der Waals surface area (Å²) in [6, 6.07) is 0. The topological polar surface area (TPSA) is 125 Å². The molecular formula is C18H30O9. The van der Waals surface area contributed by atoms with Crippen molar-refractivity contribution in [1.82, 2.24) is 0 Å². The van der Waals surface area contributed by atoms with Crippen LogP contribution in [0, 0.1) is 0 Å². The third-order valence-corrected chi connectivity index (χ3v) is 3.45. The summed E-state index contributed by atoms with van der Waals surface area (Å²) in [4.78, 5) is 44.4. The normalized spacial score (nSPS) is 11.5. The van der Waals surface area contributed by atoms with Gasteiger partial charge in [-0.2, -0.15) is 0 Å². The van der Waals surface area contributed by atoms with Crippen LogP contribution in [-0.2, 0) is 33.3 Å². The monoisotopic (exact) mass is 390 g/mol. The van der Waals surface area contributed by atoms with Gasteiger partial charge in [-0.15, -0.1) is 0 Å². The molecule has 0 bridgehead atoms. The van der Waals surface area contributed by atoms with Gasteiger partial charge in [0, 0.05) is 26.4 Å². The molecule has 0 saturated carbocycles. The van der Waals surface area contributed by atoms with Crippen molar-refractivity contribution in [3.05, 3.63) is 0 Å². The third-order valence-electron chi connectivity index (χ3n) is 3.45. The molecule has 0 aliphatic rings. The lowest BCUT2D eigenvalue weighted by Crippen LogP contribution is -2.29. The third kappa shape index (κ3) is 17.0. The molecule has 1 unspecified atom stereocenters. The summed E-state index contributed by atoms with van der Waals surface area (Å²) in [7, 11) is 1.42. The summed E-state index contributed by atoms with van der Waals surface area (Å²) >= 11 is 0. The zero-order chi connectivity index (χ0) is 20.5. The van der Waals surface area contributed by atoms with Crippen molar-refractivity contribution in [2.24, 2.45) is 0 Å². The summed E-state index contributed by atoms with van der Waals surface area (Å²) in [5.41, 5.74) is 0. The van der Waals surface area contributed by atoms with Crippen LogP contribution in [0.2, 0.25) is 0 Å². The number of rotatable bonds is 16. The van der Waals surface area contributed by atoms with Gasteiger partial charge in [0.05, 0.1) is 13.2 Å². The van der Waals surface area contributed by atoms with Crippen LogP contribution in [0.5, 0.6) is 0 Å². The van der Waals surface area contributed by atoms with E-state index < -0.39 is 24.2 Å². The average molecular weight is 390 g/mol. The van der Waals surface area contributed by atoms with E-state index in [1.165, 1.54) is 14.0 Å². The molecule has 27 heavy (non-hydrogen) atoms. The van der Waals surface area contributed by atoms with Crippen LogP contribution in [0.25, 0.3) is 0 Å². The Morgan fingerprint density at radius 3 is 2.15 bits per heavy atom. The number of unbranched alkanes of at least 4 members (excludes halogenated alkanes) is 3. The van der Waals surface area contributed by atoms with Gasteiger partial charge in [-0.3, -0.25) is 9.59 Å². The fraction of sp³-hybridized carbons (Fsp3) is 0.778. The number of methoxy groups -OCH3 is 1. The minimum absolute atomic E-state index is 0.00150. The van der Waals surface area contributed by atoms with Crippen LogP contribution in [-0.4, -0.2) is 62.0 Å². The summed E-state index contributed by atoms with van der Waals surface area (Å²) < 4.78 is 19.9. The fourth-order valence-corrected chi connectivity index (χ4v) is 2.10. The molecule has 0 aliphatic heterocycles. The molecule has 1 N–H and O–H groups in total. The number of carboxylic acid groups (broad SMARTS) is 1. The highest BCUT2D eigenvalue weighted by atomic mass is 16.7. The minimum Gasteiger partial charge on any atom is -0.481 e. The van der Waals surface area contributed by atoms with Crippen molar-refractivity contribution in [3.63, 3.8) is 0 Å². The van der Waals surface area contributed by atoms with Crippen molar-refractivity contribution < 1.29 is 43.2 Å². The second-order valence-electron chi connectivity index (χ2n) is 6.09. The highest BCUT2D eigenvalue weighted by Gasteiger charge is 2.17. The molecule has 0 spiro atoms. The van der Waals surface area contributed by atoms with E-state index in [0.29, 0.717) is 25.7 Å². The van der Waals surface area contributed by atoms with E-state index in [9.17, 15) is 19.2 Å². The van der Waals surface area contributed by atoms with Crippen molar-refractivity contribution >= 4 is 23.9 Å². The molecule has 0 aromatic carbocycles. The van der Waals surface area contributed by atoms with Crippen LogP contribution in [0.1, 0.15) is 58.3 Å². The van der Waals surface area contributed by atoms with Crippen molar-refractivity contribution in [2.75, 3.05) is 26.9 Å². The smallest absolute Gasteiger partial charge is 0.481 e. The van der Waals surface area contributed by atoms with E-state index in [-0.39, 0.29) is 38.4 Å². The van der Waals surface area contributed by atoms with Gasteiger partial charge in [-0.05, 0) is 39.0 Å². The SMILES string of the molecule is COCC(COC(=O)OCCCCCC(C)=O)OC(=O)CCCCC(=O)O. The van der Waals surface area contributed by atoms with E-state index in [4.69, 9.17) is 24.1 Å². The predicted molar refractivity (Wildman–Crippen MR) is 94.3 cm³/mol. The zero-order valence-electron chi connectivity index (χ0n) is 16.1. The lowest BCUT2D eigenvalue weighted by Gasteiger charge is -2.17. The molecule has 0 amide bonds. The maximum Gasteiger partial charge on any atom is 0.508 e. The first kappa shape index (κ1) is 24.8. The second kappa shape index (κ2) is 16.0. The molecule has 0 aromatic rings. The lowest BCUT2D eigenvalue weighted by molar-refractivity contribution is -0.155. The van der Waals surface area contributed by atoms with E-state index in [0.717, 1.165) is 12.8 Å². The Bertz CT molecular complexity index is 462. The molecular weight excluding hydrogens is 360 g/mol. The van der Waals surface area contributed by atoms with E-state index in [1.807, 2.05) is 0 Å². The van der Waals surface area contributed by atoms with Gasteiger partial charge in [-0.25, -0.2) is 4.79 Å². The molecule has 0 rings (SSSR count). The first-order chi connectivity index (χ1) is 12.8. The number of aliphatic carboxylic acids is 1. The molecule has 0 aromatic heterocycles. The molecule has 156 valence electrons. The van der Waals surface area contributed by atoms with E-state index in [1.54, 1.807) is 0 Å². The molecule has 9 heteroatoms. The molecule has 0 fully saturated rings. The molecule has 0 saturated heterocycles. The summed E-state index contributed by atoms with van der Waals surface area (Å²) in [6.45, 7) is 1.58. The number of ketones is 1. The van der Waals surface area contributed by atoms with Gasteiger partial charge in [0.2, 0.25) is 0 Å². The zero-order valence-corrected chi connectivity index (χ0v) is 16.1. The fourth-order valence-electron chi connectivity index (χ4n) is 2.10. The molecule has 9 nitrogen and oxygen atoms in total. The number of hydrogen-bond donors (Lipinski definition) is 1. The predicted octanol–water partition coefficient (Wildman–Crippen LogP) is 2.49. The Hall–Kier alpha value is -2.16. The first-order valence-electron chi connectivity index (χ1n) is 9.04. The van der Waals surface area contributed by atoms with Gasteiger partial charge in [-0.1, -0.05) is 0 Å². The average Bonchev–Trinajstić information content (AvgIpc) is 2.59. The summed E-state index contributed by atoms with van der Waals surface area (Å²) in [6.07, 6.45) is 1.93. The van der Waals surface area contributed by atoms with Gasteiger partial charge in [0.1, 0.15) is 12.4 Å². The maximum atomic E-state index is 11.7. The van der Waals surface area contributed by atoms with Gasteiger partial charge < -0.3 is 28.8 Å². The number of carbonyl (C=O) groups is 4. The maximum absolute atomic E-state index is 11.7. The van der Waals surface area contributed by atoms with Crippen LogP contribution < -0.4 is 0 Å². The minimum atomic E-state index is -0.911. The van der Waals surface area contributed by atoms with Crippen molar-refractivity contribution in [3.8, 4) is 0 Å². The van der Waals surface area contributed by atoms with Crippen LogP contribution in [0.3, 0.4) is 0 Å². The second-order valence-corrected chi connectivity index (χ2v) is 6.09. The van der Waals surface area contributed by atoms with E-state index in [2.05, 4.69) is 0 Å². The van der Waals surface area contributed by atoms with Gasteiger partial charge in [0.15, 0.2) is 6.10 Å². The van der Waals surface area contributed by atoms with Gasteiger partial charge >= 0.3 is 18.1 Å². The number of Topliss-reactive ketones (excluding diaryl/α,β-unsaturated/α-hetero) is 1. The van der Waals surface area contributed by atoms with Crippen LogP contribution in [0.4, 0.5) is 4.79 Å². The Morgan fingerprint density at radius 2 is 1.52 bits per heavy atom.